The van der Waals surface area contributed by atoms with E-state index in [2.05, 4.69) is 11.4 Å². The van der Waals surface area contributed by atoms with Gasteiger partial charge in [-0.05, 0) is 49.5 Å². The van der Waals surface area contributed by atoms with Gasteiger partial charge in [-0.1, -0.05) is 12.1 Å². The molecule has 1 saturated heterocycles. The lowest BCUT2D eigenvalue weighted by Crippen LogP contribution is -2.32. The lowest BCUT2D eigenvalue weighted by molar-refractivity contribution is 0.201. The fourth-order valence-corrected chi connectivity index (χ4v) is 2.65. The predicted octanol–water partition coefficient (Wildman–Crippen LogP) is 1.77. The average Bonchev–Trinajstić information content (AvgIpc) is 2.41. The van der Waals surface area contributed by atoms with Gasteiger partial charge in [0.2, 0.25) is 0 Å². The maximum absolute atomic E-state index is 9.63. The van der Waals surface area contributed by atoms with Crippen LogP contribution in [0, 0.1) is 5.92 Å². The minimum atomic E-state index is 0.220. The van der Waals surface area contributed by atoms with E-state index in [4.69, 9.17) is 4.74 Å². The largest absolute Gasteiger partial charge is 0.497 e. The molecule has 3 nitrogen and oxygen atoms in total. The number of methoxy groups -OCH3 is 1. The standard InChI is InChI=1S/C14H21NO2/c1-17-13-4-2-3-12(9-13)14(10-16)11-5-7-15-8-6-11/h2-4,9,11,14-16H,5-8,10H2,1H3. The molecule has 1 atom stereocenters. The van der Waals surface area contributed by atoms with E-state index in [1.54, 1.807) is 7.11 Å². The number of nitrogens with one attached hydrogen (secondary N) is 1. The Morgan fingerprint density at radius 1 is 1.41 bits per heavy atom. The molecule has 1 unspecified atom stereocenters. The van der Waals surface area contributed by atoms with Gasteiger partial charge in [-0.3, -0.25) is 0 Å². The Morgan fingerprint density at radius 3 is 2.82 bits per heavy atom. The topological polar surface area (TPSA) is 41.5 Å². The smallest absolute Gasteiger partial charge is 0.119 e. The number of benzene rings is 1. The van der Waals surface area contributed by atoms with Crippen LogP contribution in [0.1, 0.15) is 24.3 Å². The van der Waals surface area contributed by atoms with E-state index in [0.717, 1.165) is 31.7 Å². The first-order chi connectivity index (χ1) is 8.35. The third kappa shape index (κ3) is 2.99. The first-order valence-electron chi connectivity index (χ1n) is 6.30. The number of hydrogen-bond donors (Lipinski definition) is 2. The zero-order chi connectivity index (χ0) is 12.1. The molecule has 2 N–H and O–H groups in total. The lowest BCUT2D eigenvalue weighted by atomic mass is 9.81. The molecule has 1 heterocycles. The van der Waals surface area contributed by atoms with E-state index in [1.807, 2.05) is 18.2 Å². The fraction of sp³-hybridized carbons (Fsp3) is 0.571. The minimum absolute atomic E-state index is 0.220. The van der Waals surface area contributed by atoms with Crippen molar-refractivity contribution in [1.82, 2.24) is 5.32 Å². The van der Waals surface area contributed by atoms with Crippen molar-refractivity contribution in [2.45, 2.75) is 18.8 Å². The number of rotatable bonds is 4. The van der Waals surface area contributed by atoms with Crippen molar-refractivity contribution in [1.29, 1.82) is 0 Å². The summed E-state index contributed by atoms with van der Waals surface area (Å²) < 4.78 is 5.24. The Hall–Kier alpha value is -1.06. The highest BCUT2D eigenvalue weighted by molar-refractivity contribution is 5.31. The van der Waals surface area contributed by atoms with Gasteiger partial charge < -0.3 is 15.2 Å². The van der Waals surface area contributed by atoms with Crippen LogP contribution in [-0.4, -0.2) is 31.9 Å². The molecule has 0 aromatic heterocycles. The van der Waals surface area contributed by atoms with Gasteiger partial charge in [0.05, 0.1) is 13.7 Å². The van der Waals surface area contributed by atoms with Crippen LogP contribution in [0.5, 0.6) is 5.75 Å². The monoisotopic (exact) mass is 235 g/mol. The van der Waals surface area contributed by atoms with Gasteiger partial charge in [-0.2, -0.15) is 0 Å². The third-order valence-electron chi connectivity index (χ3n) is 3.67. The number of aliphatic hydroxyl groups excluding tert-OH is 1. The molecule has 1 aliphatic heterocycles. The second-order valence-corrected chi connectivity index (χ2v) is 4.65. The van der Waals surface area contributed by atoms with E-state index >= 15 is 0 Å². The average molecular weight is 235 g/mol. The number of aliphatic hydroxyl groups is 1. The molecule has 2 rings (SSSR count). The second-order valence-electron chi connectivity index (χ2n) is 4.65. The molecule has 1 aromatic carbocycles. The second kappa shape index (κ2) is 6.03. The highest BCUT2D eigenvalue weighted by Crippen LogP contribution is 2.32. The van der Waals surface area contributed by atoms with Crippen molar-refractivity contribution in [3.63, 3.8) is 0 Å². The lowest BCUT2D eigenvalue weighted by Gasteiger charge is -2.30. The molecular weight excluding hydrogens is 214 g/mol. The Labute approximate surface area is 103 Å². The van der Waals surface area contributed by atoms with Crippen molar-refractivity contribution in [3.8, 4) is 5.75 Å². The Morgan fingerprint density at radius 2 is 2.18 bits per heavy atom. The maximum atomic E-state index is 9.63. The summed E-state index contributed by atoms with van der Waals surface area (Å²) in [5.74, 6) is 1.69. The van der Waals surface area contributed by atoms with Crippen LogP contribution >= 0.6 is 0 Å². The van der Waals surface area contributed by atoms with Gasteiger partial charge in [0.25, 0.3) is 0 Å². The number of piperidine rings is 1. The SMILES string of the molecule is COc1cccc(C(CO)C2CCNCC2)c1. The first-order valence-corrected chi connectivity index (χ1v) is 6.30. The van der Waals surface area contributed by atoms with Crippen LogP contribution in [0.15, 0.2) is 24.3 Å². The van der Waals surface area contributed by atoms with Crippen LogP contribution in [0.3, 0.4) is 0 Å². The summed E-state index contributed by atoms with van der Waals surface area (Å²) in [7, 11) is 1.68. The summed E-state index contributed by atoms with van der Waals surface area (Å²) in [5, 5.41) is 13.0. The number of ether oxygens (including phenoxy) is 1. The third-order valence-corrected chi connectivity index (χ3v) is 3.67. The zero-order valence-corrected chi connectivity index (χ0v) is 10.4. The van der Waals surface area contributed by atoms with Crippen molar-refractivity contribution in [2.24, 2.45) is 5.92 Å². The van der Waals surface area contributed by atoms with Gasteiger partial charge in [-0.25, -0.2) is 0 Å². The molecule has 0 aliphatic carbocycles. The molecule has 1 aromatic rings. The highest BCUT2D eigenvalue weighted by atomic mass is 16.5. The summed E-state index contributed by atoms with van der Waals surface area (Å²) in [6.45, 7) is 2.34. The molecule has 94 valence electrons. The summed E-state index contributed by atoms with van der Waals surface area (Å²) in [6.07, 6.45) is 2.28. The summed E-state index contributed by atoms with van der Waals surface area (Å²) >= 11 is 0. The van der Waals surface area contributed by atoms with Crippen LogP contribution in [0.25, 0.3) is 0 Å². The fourth-order valence-electron chi connectivity index (χ4n) is 2.65. The van der Waals surface area contributed by atoms with E-state index in [9.17, 15) is 5.11 Å². The molecule has 1 aliphatic rings. The number of hydrogen-bond acceptors (Lipinski definition) is 3. The summed E-state index contributed by atoms with van der Waals surface area (Å²) in [5.41, 5.74) is 1.19. The van der Waals surface area contributed by atoms with Crippen molar-refractivity contribution < 1.29 is 9.84 Å². The quantitative estimate of drug-likeness (QED) is 0.835. The zero-order valence-electron chi connectivity index (χ0n) is 10.4. The maximum Gasteiger partial charge on any atom is 0.119 e. The van der Waals surface area contributed by atoms with E-state index in [1.165, 1.54) is 5.56 Å². The first kappa shape index (κ1) is 12.4. The highest BCUT2D eigenvalue weighted by Gasteiger charge is 2.24. The Bertz CT molecular complexity index is 348. The molecule has 17 heavy (non-hydrogen) atoms. The van der Waals surface area contributed by atoms with Crippen LogP contribution in [0.2, 0.25) is 0 Å². The van der Waals surface area contributed by atoms with E-state index < -0.39 is 0 Å². The Balaban J connectivity index is 2.15. The van der Waals surface area contributed by atoms with Crippen molar-refractivity contribution in [2.75, 3.05) is 26.8 Å². The molecule has 1 fully saturated rings. The van der Waals surface area contributed by atoms with Gasteiger partial charge in [0.1, 0.15) is 5.75 Å². The summed E-state index contributed by atoms with van der Waals surface area (Å²) in [6, 6.07) is 8.08. The van der Waals surface area contributed by atoms with Gasteiger partial charge in [-0.15, -0.1) is 0 Å². The van der Waals surface area contributed by atoms with Crippen molar-refractivity contribution >= 4 is 0 Å². The van der Waals surface area contributed by atoms with Crippen LogP contribution < -0.4 is 10.1 Å². The molecule has 0 amide bonds. The minimum Gasteiger partial charge on any atom is -0.497 e. The normalized spacial score (nSPS) is 18.9. The molecule has 0 radical (unpaired) electrons. The molecular formula is C14H21NO2. The van der Waals surface area contributed by atoms with Gasteiger partial charge >= 0.3 is 0 Å². The van der Waals surface area contributed by atoms with E-state index in [0.29, 0.717) is 5.92 Å². The van der Waals surface area contributed by atoms with E-state index in [-0.39, 0.29) is 12.5 Å². The molecule has 3 heteroatoms. The molecule has 0 saturated carbocycles. The molecule has 0 bridgehead atoms. The van der Waals surface area contributed by atoms with Crippen LogP contribution in [-0.2, 0) is 0 Å². The van der Waals surface area contributed by atoms with Crippen molar-refractivity contribution in [3.05, 3.63) is 29.8 Å². The molecule has 0 spiro atoms. The van der Waals surface area contributed by atoms with Crippen LogP contribution in [0.4, 0.5) is 0 Å². The predicted molar refractivity (Wildman–Crippen MR) is 68.4 cm³/mol. The van der Waals surface area contributed by atoms with Gasteiger partial charge in [0, 0.05) is 5.92 Å². The van der Waals surface area contributed by atoms with Gasteiger partial charge in [0.15, 0.2) is 0 Å². The Kier molecular flexibility index (Phi) is 4.40. The summed E-state index contributed by atoms with van der Waals surface area (Å²) in [4.78, 5) is 0.